The molecule has 1 aromatic carbocycles. The quantitative estimate of drug-likeness (QED) is 0.00980. The molecule has 6 heterocycles. The molecule has 112 heavy (non-hydrogen) atoms. The highest BCUT2D eigenvalue weighted by Gasteiger charge is 2.60. The van der Waals surface area contributed by atoms with Gasteiger partial charge in [0.1, 0.15) is 97.7 Å². The van der Waals surface area contributed by atoms with Gasteiger partial charge in [0, 0.05) is 30.8 Å². The number of carbonyl (C=O) groups is 4. The zero-order valence-corrected chi connectivity index (χ0v) is 63.4. The maximum atomic E-state index is 14.1. The van der Waals surface area contributed by atoms with E-state index in [4.69, 9.17) is 61.7 Å². The lowest BCUT2D eigenvalue weighted by atomic mass is 9.86. The maximum Gasteiger partial charge on any atom is 0.416 e. The number of aliphatic hydroxyl groups excluding tert-OH is 16. The van der Waals surface area contributed by atoms with E-state index in [1.54, 1.807) is 0 Å². The minimum atomic E-state index is -4.92. The van der Waals surface area contributed by atoms with Gasteiger partial charge in [-0.2, -0.15) is 13.2 Å². The first-order valence-corrected chi connectivity index (χ1v) is 38.6. The van der Waals surface area contributed by atoms with E-state index in [1.807, 2.05) is 0 Å². The molecule has 640 valence electrons. The van der Waals surface area contributed by atoms with E-state index in [9.17, 15) is 114 Å². The monoisotopic (exact) mass is 1640 g/mol. The molecule has 40 heteroatoms. The fourth-order valence-electron chi connectivity index (χ4n) is 13.8. The molecule has 0 spiro atoms. The van der Waals surface area contributed by atoms with Crippen LogP contribution in [0, 0.1) is 11.8 Å². The van der Waals surface area contributed by atoms with Crippen LogP contribution in [0.5, 0.6) is 11.5 Å². The highest BCUT2D eigenvalue weighted by molar-refractivity contribution is 7.12. The number of esters is 1. The number of nitrogens with one attached hydrogen (secondary N) is 3. The fraction of sp³-hybridized carbons (Fsp3) is 0.778. The van der Waals surface area contributed by atoms with Crippen LogP contribution in [0.1, 0.15) is 145 Å². The van der Waals surface area contributed by atoms with E-state index in [2.05, 4.69) is 23.0 Å². The Morgan fingerprint density at radius 1 is 0.643 bits per heavy atom. The number of hydrogen-bond donors (Lipinski definition) is 19. The number of unbranched alkanes of at least 4 members (excludes halogenated alkanes) is 14. The lowest BCUT2D eigenvalue weighted by molar-refractivity contribution is -0.426. The van der Waals surface area contributed by atoms with Gasteiger partial charge in [-0.3, -0.25) is 14.4 Å². The third kappa shape index (κ3) is 25.5. The van der Waals surface area contributed by atoms with Crippen LogP contribution in [0.3, 0.4) is 0 Å². The summed E-state index contributed by atoms with van der Waals surface area (Å²) in [6.45, 7) is -1.35. The van der Waals surface area contributed by atoms with Crippen molar-refractivity contribution in [2.24, 2.45) is 11.8 Å². The van der Waals surface area contributed by atoms with Crippen molar-refractivity contribution in [3.63, 3.8) is 0 Å². The van der Waals surface area contributed by atoms with Crippen LogP contribution in [0.4, 0.5) is 18.9 Å². The highest BCUT2D eigenvalue weighted by Crippen LogP contribution is 2.43. The van der Waals surface area contributed by atoms with Gasteiger partial charge in [0.2, 0.25) is 11.8 Å². The van der Waals surface area contributed by atoms with Crippen molar-refractivity contribution in [2.75, 3.05) is 52.1 Å². The number of amides is 2. The van der Waals surface area contributed by atoms with Gasteiger partial charge < -0.3 is 154 Å². The number of hydrogen-bond acceptors (Lipinski definition) is 35. The van der Waals surface area contributed by atoms with Crippen molar-refractivity contribution < 1.29 is 176 Å². The molecule has 19 N–H and O–H groups in total. The molecule has 28 atom stereocenters. The summed E-state index contributed by atoms with van der Waals surface area (Å²) in [5, 5.41) is 184. The summed E-state index contributed by atoms with van der Waals surface area (Å²) in [6, 6.07) is 1.91. The van der Waals surface area contributed by atoms with Crippen molar-refractivity contribution in [1.29, 1.82) is 0 Å². The van der Waals surface area contributed by atoms with Gasteiger partial charge in [-0.25, -0.2) is 4.79 Å². The minimum absolute atomic E-state index is 0.0560. The van der Waals surface area contributed by atoms with Gasteiger partial charge >= 0.3 is 18.6 Å². The molecule has 5 aliphatic rings. The number of benzene rings is 1. The molecule has 0 radical (unpaired) electrons. The zero-order valence-electron chi connectivity index (χ0n) is 62.6. The van der Waals surface area contributed by atoms with Crippen LogP contribution >= 0.6 is 11.3 Å². The number of hydroxylamine groups is 1. The Balaban J connectivity index is 1.12. The summed E-state index contributed by atoms with van der Waals surface area (Å²) in [5.74, 6) is -8.33. The van der Waals surface area contributed by atoms with Crippen LogP contribution in [0.15, 0.2) is 41.8 Å². The second-order valence-corrected chi connectivity index (χ2v) is 29.5. The van der Waals surface area contributed by atoms with Crippen LogP contribution in [-0.2, 0) is 77.5 Å². The molecular formula is C72H112F3N3O33S. The van der Waals surface area contributed by atoms with E-state index in [0.717, 1.165) is 75.2 Å². The normalized spacial score (nSPS) is 33.7. The molecule has 0 bridgehead atoms. The van der Waals surface area contributed by atoms with Crippen LogP contribution in [-0.4, -0.2) is 312 Å². The molecule has 36 nitrogen and oxygen atoms in total. The molecule has 5 saturated heterocycles. The third-order valence-electron chi connectivity index (χ3n) is 20.4. The van der Waals surface area contributed by atoms with Gasteiger partial charge in [-0.05, 0) is 42.1 Å². The number of halogens is 3. The number of methoxy groups -OCH3 is 1. The van der Waals surface area contributed by atoms with E-state index in [0.29, 0.717) is 25.0 Å². The number of alkyl halides is 3. The molecule has 1 aromatic heterocycles. The summed E-state index contributed by atoms with van der Waals surface area (Å²) in [5.41, 5.74) is 0.401. The van der Waals surface area contributed by atoms with E-state index in [-0.39, 0.29) is 29.3 Å². The number of carbonyl (C=O) groups excluding carboxylic acids is 4. The summed E-state index contributed by atoms with van der Waals surface area (Å²) in [7, 11) is 1.10. The Morgan fingerprint density at radius 2 is 1.20 bits per heavy atom. The summed E-state index contributed by atoms with van der Waals surface area (Å²) >= 11 is 0.905. The average Bonchev–Trinajstić information content (AvgIpc) is 0.920. The Kier molecular flexibility index (Phi) is 38.4. The van der Waals surface area contributed by atoms with E-state index < -0.39 is 252 Å². The van der Waals surface area contributed by atoms with Crippen molar-refractivity contribution in [3.8, 4) is 11.5 Å². The topological polar surface area (TPSA) is 548 Å². The first kappa shape index (κ1) is 94.2. The maximum absolute atomic E-state index is 14.1. The highest BCUT2D eigenvalue weighted by atomic mass is 32.1. The first-order chi connectivity index (χ1) is 53.4. The van der Waals surface area contributed by atoms with Gasteiger partial charge in [0.15, 0.2) is 41.5 Å². The standard InChI is InChI=1S/C72H112F3N3O33S/c1-5-6-7-8-9-10-11-12-13-14-15-16-17-18-19-20-50(88)77-40(41(85)22-24-51(89)76-39-27-38(72(73,74)75)21-23-44(39)102-45-25-26-112-65(45)66(98)99-4)34-100-68-58(96)56(94)62(48(32-82)105-68)108-70-59(97)64(111-71(78-101-35-84)28-42(86)36(2)61(110-71)52(90)43(87)29-79)63(49(33-83)106-70)109-67-37(3)60(54(92)47(31-81)103-67)107-69-57(95)55(93)53(91)46(30-80)104-69/h21-27,35-37,40-43,46-49,52-64,67-70,78-83,85-87,90-97H,5-20,28-34H2,1-4H3,(H,76,89)(H,77,88)/t36?,37?,40-,41+,42?,43+,46?,47?,48?,49?,52+,53?,54?,55?,56?,57?,58?,59?,60?,61?,62?,63?,64?,67?,68?,69?,70?,71?/m0/s1. The molecule has 0 saturated carbocycles. The molecule has 2 amide bonds. The van der Waals surface area contributed by atoms with Gasteiger partial charge in [-0.1, -0.05) is 116 Å². The largest absolute Gasteiger partial charge is 0.465 e. The zero-order chi connectivity index (χ0) is 82.1. The Hall–Kier alpha value is -4.95. The summed E-state index contributed by atoms with van der Waals surface area (Å²) < 4.78 is 113. The summed E-state index contributed by atoms with van der Waals surface area (Å²) in [4.78, 5) is 56.5. The second kappa shape index (κ2) is 45.7. The van der Waals surface area contributed by atoms with Crippen molar-refractivity contribution >= 4 is 41.3 Å². The number of anilines is 1. The fourth-order valence-corrected chi connectivity index (χ4v) is 14.5. The predicted molar refractivity (Wildman–Crippen MR) is 379 cm³/mol. The average molecular weight is 1640 g/mol. The number of aliphatic hydroxyl groups is 16. The predicted octanol–water partition coefficient (Wildman–Crippen LogP) is -0.632. The third-order valence-corrected chi connectivity index (χ3v) is 21.2. The first-order valence-electron chi connectivity index (χ1n) is 37.7. The van der Waals surface area contributed by atoms with Crippen LogP contribution in [0.25, 0.3) is 0 Å². The second-order valence-electron chi connectivity index (χ2n) is 28.6. The summed E-state index contributed by atoms with van der Waals surface area (Å²) in [6.07, 6.45) is -35.1. The van der Waals surface area contributed by atoms with Crippen molar-refractivity contribution in [2.45, 2.75) is 295 Å². The Morgan fingerprint density at radius 3 is 1.79 bits per heavy atom. The molecule has 5 aliphatic heterocycles. The van der Waals surface area contributed by atoms with E-state index in [1.165, 1.54) is 70.2 Å². The molecule has 7 rings (SSSR count). The molecular weight excluding hydrogens is 1520 g/mol. The number of ether oxygens (including phenoxy) is 12. The smallest absolute Gasteiger partial charge is 0.416 e. The molecule has 24 unspecified atom stereocenters. The van der Waals surface area contributed by atoms with Crippen LogP contribution < -0.4 is 20.9 Å². The minimum Gasteiger partial charge on any atom is -0.465 e. The lowest BCUT2D eigenvalue weighted by Crippen LogP contribution is -2.70. The molecule has 0 aliphatic carbocycles. The molecule has 2 aromatic rings. The van der Waals surface area contributed by atoms with Gasteiger partial charge in [0.05, 0.1) is 88.5 Å². The SMILES string of the molecule is CCCCCCCCCCCCCCCCCC(=O)N[C@@H](COC1OC(CO)C(OC2OC(CO)C(OC3OC(CO)C(O)C(OC4OC(CO)C(O)C(O)C4O)C3C)C(OC3(NOC=O)CC(O)C(C)C([C@H](O)[C@H](O)CO)O3)C2O)C(O)C1O)[C@H](O)C=CC(=O)Nc1cc(C(F)(F)F)ccc1Oc1ccsc1C(=O)OC. The van der Waals surface area contributed by atoms with Gasteiger partial charge in [-0.15, -0.1) is 11.3 Å². The number of rotatable bonds is 45. The Bertz CT molecular complexity index is 3170. The van der Waals surface area contributed by atoms with Crippen molar-refractivity contribution in [1.82, 2.24) is 10.8 Å². The Labute approximate surface area is 648 Å². The van der Waals surface area contributed by atoms with Crippen LogP contribution in [0.2, 0.25) is 0 Å². The van der Waals surface area contributed by atoms with Crippen molar-refractivity contribution in [3.05, 3.63) is 52.2 Å². The molecule has 5 fully saturated rings. The van der Waals surface area contributed by atoms with Gasteiger partial charge in [0.25, 0.3) is 5.91 Å². The number of thiophene rings is 1. The van der Waals surface area contributed by atoms with E-state index >= 15 is 0 Å². The lowest BCUT2D eigenvalue weighted by Gasteiger charge is -2.53.